The molecule has 2 aromatic carbocycles. The van der Waals surface area contributed by atoms with Gasteiger partial charge in [0.15, 0.2) is 11.5 Å². The highest BCUT2D eigenvalue weighted by Gasteiger charge is 2.27. The number of piperazine rings is 1. The predicted molar refractivity (Wildman–Crippen MR) is 127 cm³/mol. The molecule has 33 heavy (non-hydrogen) atoms. The van der Waals surface area contributed by atoms with Crippen LogP contribution < -0.4 is 19.7 Å². The van der Waals surface area contributed by atoms with Crippen molar-refractivity contribution in [1.82, 2.24) is 14.9 Å². The molecule has 3 heterocycles. The van der Waals surface area contributed by atoms with Gasteiger partial charge < -0.3 is 24.6 Å². The zero-order valence-corrected chi connectivity index (χ0v) is 18.9. The van der Waals surface area contributed by atoms with Gasteiger partial charge in [-0.15, -0.1) is 0 Å². The highest BCUT2D eigenvalue weighted by molar-refractivity contribution is 5.98. The summed E-state index contributed by atoms with van der Waals surface area (Å²) in [4.78, 5) is 26.5. The van der Waals surface area contributed by atoms with Crippen molar-refractivity contribution >= 4 is 23.4 Å². The molecule has 5 rings (SSSR count). The molecule has 2 aliphatic rings. The molecule has 170 valence electrons. The fourth-order valence-electron chi connectivity index (χ4n) is 4.09. The standard InChI is InChI=1S/C25H27N5O3/c1-17-6-8-19(9-7-17)27-25-26-18(2)16-22(28-25)29-10-12-30(13-11-29)24(31)20-4-3-5-21-23(20)33-15-14-32-21/h3-9,16H,10-15H2,1-2H3,(H,26,27,28). The first-order valence-corrected chi connectivity index (χ1v) is 11.2. The minimum atomic E-state index is -0.0300. The summed E-state index contributed by atoms with van der Waals surface area (Å²) in [5.41, 5.74) is 3.60. The number of para-hydroxylation sites is 1. The number of carbonyl (C=O) groups is 1. The maximum Gasteiger partial charge on any atom is 0.257 e. The third kappa shape index (κ3) is 4.55. The van der Waals surface area contributed by atoms with Crippen molar-refractivity contribution in [3.8, 4) is 11.5 Å². The van der Waals surface area contributed by atoms with E-state index in [9.17, 15) is 4.79 Å². The van der Waals surface area contributed by atoms with Gasteiger partial charge in [-0.3, -0.25) is 4.79 Å². The quantitative estimate of drug-likeness (QED) is 0.658. The van der Waals surface area contributed by atoms with Crippen LogP contribution in [0.25, 0.3) is 0 Å². The second kappa shape index (κ2) is 8.97. The van der Waals surface area contributed by atoms with Crippen LogP contribution in [-0.4, -0.2) is 60.2 Å². The molecule has 1 N–H and O–H groups in total. The number of ether oxygens (including phenoxy) is 2. The molecule has 3 aromatic rings. The Morgan fingerprint density at radius 2 is 1.70 bits per heavy atom. The molecule has 1 aromatic heterocycles. The molecular weight excluding hydrogens is 418 g/mol. The Kier molecular flexibility index (Phi) is 5.73. The smallest absolute Gasteiger partial charge is 0.257 e. The van der Waals surface area contributed by atoms with Gasteiger partial charge in [0, 0.05) is 43.6 Å². The van der Waals surface area contributed by atoms with E-state index in [0.29, 0.717) is 62.4 Å². The molecule has 0 spiro atoms. The number of aryl methyl sites for hydroxylation is 2. The largest absolute Gasteiger partial charge is 0.486 e. The lowest BCUT2D eigenvalue weighted by Gasteiger charge is -2.36. The van der Waals surface area contributed by atoms with Crippen molar-refractivity contribution < 1.29 is 14.3 Å². The van der Waals surface area contributed by atoms with Crippen LogP contribution in [0.15, 0.2) is 48.5 Å². The molecule has 0 unspecified atom stereocenters. The molecule has 0 bridgehead atoms. The zero-order valence-electron chi connectivity index (χ0n) is 18.9. The summed E-state index contributed by atoms with van der Waals surface area (Å²) in [6.07, 6.45) is 0. The number of aromatic nitrogens is 2. The van der Waals surface area contributed by atoms with Crippen molar-refractivity contribution in [2.75, 3.05) is 49.6 Å². The third-order valence-corrected chi connectivity index (χ3v) is 5.84. The lowest BCUT2D eigenvalue weighted by molar-refractivity contribution is 0.0736. The monoisotopic (exact) mass is 445 g/mol. The molecule has 2 aliphatic heterocycles. The second-order valence-electron chi connectivity index (χ2n) is 8.29. The molecule has 0 radical (unpaired) electrons. The third-order valence-electron chi connectivity index (χ3n) is 5.84. The molecule has 0 saturated carbocycles. The van der Waals surface area contributed by atoms with Gasteiger partial charge in [-0.1, -0.05) is 23.8 Å². The topological polar surface area (TPSA) is 79.8 Å². The summed E-state index contributed by atoms with van der Waals surface area (Å²) in [5.74, 6) is 2.58. The van der Waals surface area contributed by atoms with Crippen LogP contribution in [0.2, 0.25) is 0 Å². The van der Waals surface area contributed by atoms with E-state index in [1.165, 1.54) is 5.56 Å². The number of fused-ring (bicyclic) bond motifs is 1. The highest BCUT2D eigenvalue weighted by Crippen LogP contribution is 2.34. The first-order chi connectivity index (χ1) is 16.1. The van der Waals surface area contributed by atoms with Crippen LogP contribution in [0.1, 0.15) is 21.6 Å². The van der Waals surface area contributed by atoms with E-state index in [4.69, 9.17) is 14.5 Å². The number of anilines is 3. The Morgan fingerprint density at radius 3 is 2.48 bits per heavy atom. The molecular formula is C25H27N5O3. The summed E-state index contributed by atoms with van der Waals surface area (Å²) >= 11 is 0. The van der Waals surface area contributed by atoms with Crippen LogP contribution in [-0.2, 0) is 0 Å². The van der Waals surface area contributed by atoms with Crippen LogP contribution in [0.5, 0.6) is 11.5 Å². The van der Waals surface area contributed by atoms with E-state index in [2.05, 4.69) is 34.3 Å². The van der Waals surface area contributed by atoms with E-state index >= 15 is 0 Å². The van der Waals surface area contributed by atoms with E-state index in [1.807, 2.05) is 42.2 Å². The number of nitrogens with one attached hydrogen (secondary N) is 1. The van der Waals surface area contributed by atoms with E-state index in [-0.39, 0.29) is 5.91 Å². The average Bonchev–Trinajstić information content (AvgIpc) is 2.84. The number of benzene rings is 2. The highest BCUT2D eigenvalue weighted by atomic mass is 16.6. The van der Waals surface area contributed by atoms with Crippen molar-refractivity contribution in [3.63, 3.8) is 0 Å². The Labute approximate surface area is 193 Å². The van der Waals surface area contributed by atoms with Crippen molar-refractivity contribution in [3.05, 3.63) is 65.4 Å². The van der Waals surface area contributed by atoms with Gasteiger partial charge in [0.1, 0.15) is 19.0 Å². The zero-order chi connectivity index (χ0) is 22.8. The summed E-state index contributed by atoms with van der Waals surface area (Å²) in [5, 5.41) is 3.29. The van der Waals surface area contributed by atoms with Crippen LogP contribution in [0.3, 0.4) is 0 Å². The lowest BCUT2D eigenvalue weighted by atomic mass is 10.1. The number of hydrogen-bond donors (Lipinski definition) is 1. The summed E-state index contributed by atoms with van der Waals surface area (Å²) in [6.45, 7) is 7.57. The Hall–Kier alpha value is -3.81. The summed E-state index contributed by atoms with van der Waals surface area (Å²) in [7, 11) is 0. The fraction of sp³-hybridized carbons (Fsp3) is 0.320. The predicted octanol–water partition coefficient (Wildman–Crippen LogP) is 3.57. The Bertz CT molecular complexity index is 1160. The molecule has 8 nitrogen and oxygen atoms in total. The van der Waals surface area contributed by atoms with Gasteiger partial charge in [-0.25, -0.2) is 4.98 Å². The maximum atomic E-state index is 13.2. The van der Waals surface area contributed by atoms with Gasteiger partial charge in [0.25, 0.3) is 5.91 Å². The van der Waals surface area contributed by atoms with Gasteiger partial charge in [-0.2, -0.15) is 4.98 Å². The van der Waals surface area contributed by atoms with Gasteiger partial charge in [0.05, 0.1) is 5.56 Å². The molecule has 0 atom stereocenters. The molecule has 0 aliphatic carbocycles. The maximum absolute atomic E-state index is 13.2. The van der Waals surface area contributed by atoms with Crippen molar-refractivity contribution in [2.45, 2.75) is 13.8 Å². The number of rotatable bonds is 4. The average molecular weight is 446 g/mol. The first kappa shape index (κ1) is 21.1. The summed E-state index contributed by atoms with van der Waals surface area (Å²) in [6, 6.07) is 15.6. The number of carbonyl (C=O) groups excluding carboxylic acids is 1. The van der Waals surface area contributed by atoms with E-state index < -0.39 is 0 Å². The first-order valence-electron chi connectivity index (χ1n) is 11.2. The Balaban J connectivity index is 1.27. The summed E-state index contributed by atoms with van der Waals surface area (Å²) < 4.78 is 11.4. The SMILES string of the molecule is Cc1ccc(Nc2nc(C)cc(N3CCN(C(=O)c4cccc5c4OCCO5)CC3)n2)cc1. The van der Waals surface area contributed by atoms with E-state index in [0.717, 1.165) is 17.2 Å². The lowest BCUT2D eigenvalue weighted by Crippen LogP contribution is -2.49. The Morgan fingerprint density at radius 1 is 0.939 bits per heavy atom. The minimum Gasteiger partial charge on any atom is -0.486 e. The normalized spacial score (nSPS) is 15.3. The molecule has 1 fully saturated rings. The number of hydrogen-bond acceptors (Lipinski definition) is 7. The van der Waals surface area contributed by atoms with Gasteiger partial charge in [-0.05, 0) is 38.1 Å². The molecule has 1 amide bonds. The van der Waals surface area contributed by atoms with Gasteiger partial charge in [0.2, 0.25) is 5.95 Å². The number of nitrogens with zero attached hydrogens (tertiary/aromatic N) is 4. The van der Waals surface area contributed by atoms with Crippen molar-refractivity contribution in [1.29, 1.82) is 0 Å². The fourth-order valence-corrected chi connectivity index (χ4v) is 4.09. The minimum absolute atomic E-state index is 0.0300. The molecule has 8 heteroatoms. The van der Waals surface area contributed by atoms with Crippen LogP contribution >= 0.6 is 0 Å². The van der Waals surface area contributed by atoms with E-state index in [1.54, 1.807) is 6.07 Å². The molecule has 1 saturated heterocycles. The van der Waals surface area contributed by atoms with Crippen LogP contribution in [0, 0.1) is 13.8 Å². The van der Waals surface area contributed by atoms with Crippen molar-refractivity contribution in [2.24, 2.45) is 0 Å². The van der Waals surface area contributed by atoms with Crippen LogP contribution in [0.4, 0.5) is 17.5 Å². The number of amides is 1. The van der Waals surface area contributed by atoms with Gasteiger partial charge >= 0.3 is 0 Å². The second-order valence-corrected chi connectivity index (χ2v) is 8.29.